The Labute approximate surface area is 131 Å². The maximum absolute atomic E-state index is 12.3. The van der Waals surface area contributed by atoms with Gasteiger partial charge in [0, 0.05) is 37.6 Å². The van der Waals surface area contributed by atoms with Crippen LogP contribution in [0.2, 0.25) is 0 Å². The first-order valence-electron chi connectivity index (χ1n) is 7.62. The Hall–Kier alpha value is -2.43. The average Bonchev–Trinajstić information content (AvgIpc) is 2.58. The van der Waals surface area contributed by atoms with Crippen molar-refractivity contribution < 1.29 is 4.79 Å². The molecule has 2 aromatic rings. The first-order chi connectivity index (χ1) is 10.8. The highest BCUT2D eigenvalue weighted by Gasteiger charge is 2.12. The molecular formula is C17H22N4O. The average molecular weight is 298 g/mol. The van der Waals surface area contributed by atoms with Gasteiger partial charge in [-0.25, -0.2) is 4.79 Å². The van der Waals surface area contributed by atoms with Gasteiger partial charge in [-0.2, -0.15) is 0 Å². The molecule has 0 aliphatic carbocycles. The van der Waals surface area contributed by atoms with E-state index in [0.29, 0.717) is 13.1 Å². The van der Waals surface area contributed by atoms with E-state index < -0.39 is 0 Å². The molecule has 0 atom stereocenters. The van der Waals surface area contributed by atoms with Gasteiger partial charge in [0.15, 0.2) is 0 Å². The van der Waals surface area contributed by atoms with Gasteiger partial charge in [0.25, 0.3) is 0 Å². The molecule has 22 heavy (non-hydrogen) atoms. The number of hydrogen-bond acceptors (Lipinski definition) is 3. The van der Waals surface area contributed by atoms with Gasteiger partial charge in [0.2, 0.25) is 0 Å². The van der Waals surface area contributed by atoms with E-state index in [9.17, 15) is 4.79 Å². The number of amides is 2. The summed E-state index contributed by atoms with van der Waals surface area (Å²) in [6.45, 7) is 3.92. The number of nitrogens with one attached hydrogen (secondary N) is 1. The molecule has 0 spiro atoms. The van der Waals surface area contributed by atoms with Crippen molar-refractivity contribution in [3.05, 3.63) is 60.2 Å². The Morgan fingerprint density at radius 2 is 1.73 bits per heavy atom. The van der Waals surface area contributed by atoms with Gasteiger partial charge in [0.05, 0.1) is 12.2 Å². The number of carbonyl (C=O) groups is 1. The lowest BCUT2D eigenvalue weighted by Gasteiger charge is -2.22. The minimum absolute atomic E-state index is 0.0524. The fourth-order valence-electron chi connectivity index (χ4n) is 2.16. The molecule has 0 fully saturated rings. The maximum Gasteiger partial charge on any atom is 0.317 e. The summed E-state index contributed by atoms with van der Waals surface area (Å²) < 4.78 is 0. The highest BCUT2D eigenvalue weighted by molar-refractivity contribution is 5.74. The monoisotopic (exact) mass is 298 g/mol. The van der Waals surface area contributed by atoms with Crippen molar-refractivity contribution in [2.45, 2.75) is 26.3 Å². The number of aromatic nitrogens is 2. The summed E-state index contributed by atoms with van der Waals surface area (Å²) in [6, 6.07) is 11.5. The molecule has 0 aliphatic rings. The lowest BCUT2D eigenvalue weighted by molar-refractivity contribution is 0.197. The zero-order chi connectivity index (χ0) is 15.6. The van der Waals surface area contributed by atoms with Crippen LogP contribution in [0.15, 0.2) is 48.8 Å². The number of pyridine rings is 2. The van der Waals surface area contributed by atoms with Crippen molar-refractivity contribution in [1.82, 2.24) is 20.2 Å². The Bertz CT molecular complexity index is 559. The molecular weight excluding hydrogens is 276 g/mol. The summed E-state index contributed by atoms with van der Waals surface area (Å²) in [5, 5.41) is 2.92. The summed E-state index contributed by atoms with van der Waals surface area (Å²) >= 11 is 0. The van der Waals surface area contributed by atoms with Gasteiger partial charge in [-0.3, -0.25) is 9.97 Å². The number of urea groups is 1. The molecule has 116 valence electrons. The predicted octanol–water partition coefficient (Wildman–Crippen LogP) is 2.64. The summed E-state index contributed by atoms with van der Waals surface area (Å²) in [4.78, 5) is 22.6. The zero-order valence-corrected chi connectivity index (χ0v) is 12.9. The molecule has 0 aromatic carbocycles. The Morgan fingerprint density at radius 1 is 1.05 bits per heavy atom. The lowest BCUT2D eigenvalue weighted by Crippen LogP contribution is -2.41. The van der Waals surface area contributed by atoms with E-state index in [1.807, 2.05) is 41.3 Å². The van der Waals surface area contributed by atoms with Crippen LogP contribution in [0.4, 0.5) is 4.79 Å². The first kappa shape index (κ1) is 15.9. The van der Waals surface area contributed by atoms with Crippen LogP contribution in [0.3, 0.4) is 0 Å². The smallest absolute Gasteiger partial charge is 0.317 e. The number of carbonyl (C=O) groups excluding carboxylic acids is 1. The van der Waals surface area contributed by atoms with Crippen LogP contribution >= 0.6 is 0 Å². The normalized spacial score (nSPS) is 10.2. The van der Waals surface area contributed by atoms with Crippen molar-refractivity contribution in [2.24, 2.45) is 0 Å². The second-order valence-electron chi connectivity index (χ2n) is 5.04. The minimum atomic E-state index is -0.0524. The molecule has 2 aromatic heterocycles. The van der Waals surface area contributed by atoms with Gasteiger partial charge in [-0.05, 0) is 30.7 Å². The van der Waals surface area contributed by atoms with Crippen molar-refractivity contribution in [3.8, 4) is 0 Å². The van der Waals surface area contributed by atoms with E-state index in [4.69, 9.17) is 0 Å². The van der Waals surface area contributed by atoms with Crippen LogP contribution in [-0.4, -0.2) is 34.0 Å². The molecule has 2 amide bonds. The van der Waals surface area contributed by atoms with E-state index in [0.717, 1.165) is 30.8 Å². The molecule has 0 radical (unpaired) electrons. The Kier molecular flexibility index (Phi) is 6.36. The standard InChI is InChI=1S/C17H22N4O/c1-2-12-21(13-9-15-7-3-5-10-18-15)17(22)20-14-16-8-4-6-11-19-16/h3-8,10-11H,2,9,12-14H2,1H3,(H,20,22). The molecule has 0 bridgehead atoms. The number of nitrogens with zero attached hydrogens (tertiary/aromatic N) is 3. The highest BCUT2D eigenvalue weighted by Crippen LogP contribution is 2.01. The molecule has 0 unspecified atom stereocenters. The van der Waals surface area contributed by atoms with E-state index in [1.54, 1.807) is 12.4 Å². The number of rotatable bonds is 7. The van der Waals surface area contributed by atoms with Crippen molar-refractivity contribution >= 4 is 6.03 Å². The van der Waals surface area contributed by atoms with Crippen LogP contribution in [0.5, 0.6) is 0 Å². The zero-order valence-electron chi connectivity index (χ0n) is 12.9. The van der Waals surface area contributed by atoms with Crippen LogP contribution in [-0.2, 0) is 13.0 Å². The topological polar surface area (TPSA) is 58.1 Å². The summed E-state index contributed by atoms with van der Waals surface area (Å²) in [5.74, 6) is 0. The van der Waals surface area contributed by atoms with Gasteiger partial charge in [-0.15, -0.1) is 0 Å². The van der Waals surface area contributed by atoms with E-state index in [2.05, 4.69) is 22.2 Å². The fraction of sp³-hybridized carbons (Fsp3) is 0.353. The largest absolute Gasteiger partial charge is 0.332 e. The van der Waals surface area contributed by atoms with Crippen LogP contribution in [0, 0.1) is 0 Å². The number of hydrogen-bond donors (Lipinski definition) is 1. The molecule has 0 saturated heterocycles. The fourth-order valence-corrected chi connectivity index (χ4v) is 2.16. The van der Waals surface area contributed by atoms with E-state index >= 15 is 0 Å². The lowest BCUT2D eigenvalue weighted by atomic mass is 10.2. The third-order valence-corrected chi connectivity index (χ3v) is 3.29. The second kappa shape index (κ2) is 8.77. The summed E-state index contributed by atoms with van der Waals surface area (Å²) in [5.41, 5.74) is 1.86. The van der Waals surface area contributed by atoms with Crippen molar-refractivity contribution in [2.75, 3.05) is 13.1 Å². The second-order valence-corrected chi connectivity index (χ2v) is 5.04. The van der Waals surface area contributed by atoms with Crippen LogP contribution < -0.4 is 5.32 Å². The van der Waals surface area contributed by atoms with Gasteiger partial charge in [-0.1, -0.05) is 19.1 Å². The van der Waals surface area contributed by atoms with E-state index in [-0.39, 0.29) is 6.03 Å². The molecule has 0 saturated carbocycles. The van der Waals surface area contributed by atoms with Crippen LogP contribution in [0.1, 0.15) is 24.7 Å². The molecule has 5 nitrogen and oxygen atoms in total. The molecule has 2 rings (SSSR count). The SMILES string of the molecule is CCCN(CCc1ccccn1)C(=O)NCc1ccccn1. The Balaban J connectivity index is 1.85. The third-order valence-electron chi connectivity index (χ3n) is 3.29. The first-order valence-corrected chi connectivity index (χ1v) is 7.62. The maximum atomic E-state index is 12.3. The predicted molar refractivity (Wildman–Crippen MR) is 86.3 cm³/mol. The van der Waals surface area contributed by atoms with Gasteiger partial charge >= 0.3 is 6.03 Å². The van der Waals surface area contributed by atoms with E-state index in [1.165, 1.54) is 0 Å². The minimum Gasteiger partial charge on any atom is -0.332 e. The summed E-state index contributed by atoms with van der Waals surface area (Å²) in [6.07, 6.45) is 5.20. The third kappa shape index (κ3) is 5.16. The quantitative estimate of drug-likeness (QED) is 0.855. The molecule has 5 heteroatoms. The van der Waals surface area contributed by atoms with Gasteiger partial charge in [0.1, 0.15) is 0 Å². The van der Waals surface area contributed by atoms with Crippen molar-refractivity contribution in [3.63, 3.8) is 0 Å². The summed E-state index contributed by atoms with van der Waals surface area (Å²) in [7, 11) is 0. The molecule has 1 N–H and O–H groups in total. The Morgan fingerprint density at radius 3 is 2.32 bits per heavy atom. The van der Waals surface area contributed by atoms with Gasteiger partial charge < -0.3 is 10.2 Å². The molecule has 2 heterocycles. The van der Waals surface area contributed by atoms with Crippen LogP contribution in [0.25, 0.3) is 0 Å². The highest BCUT2D eigenvalue weighted by atomic mass is 16.2. The van der Waals surface area contributed by atoms with Crippen molar-refractivity contribution in [1.29, 1.82) is 0 Å². The molecule has 0 aliphatic heterocycles.